The van der Waals surface area contributed by atoms with Crippen LogP contribution in [0.3, 0.4) is 0 Å². The molecule has 0 aromatic heterocycles. The zero-order chi connectivity index (χ0) is 25.8. The summed E-state index contributed by atoms with van der Waals surface area (Å²) in [6.45, 7) is 16.2. The lowest BCUT2D eigenvalue weighted by Gasteiger charge is -2.18. The van der Waals surface area contributed by atoms with Crippen LogP contribution in [0.25, 0.3) is 0 Å². The van der Waals surface area contributed by atoms with Crippen LogP contribution >= 0.6 is 0 Å². The monoisotopic (exact) mass is 479 g/mol. The molecule has 0 aromatic carbocycles. The first kappa shape index (κ1) is 35.8. The first-order chi connectivity index (χ1) is 15.5. The molecule has 3 atom stereocenters. The van der Waals surface area contributed by atoms with Gasteiger partial charge in [-0.3, -0.25) is 14.6 Å². The number of amides is 1. The summed E-state index contributed by atoms with van der Waals surface area (Å²) in [7, 11) is -1.26. The van der Waals surface area contributed by atoms with Crippen molar-refractivity contribution >= 4 is 25.0 Å². The van der Waals surface area contributed by atoms with Gasteiger partial charge in [-0.05, 0) is 44.0 Å². The van der Waals surface area contributed by atoms with Crippen LogP contribution in [0.4, 0.5) is 4.53 Å². The quantitative estimate of drug-likeness (QED) is 0.187. The van der Waals surface area contributed by atoms with Crippen LogP contribution in [0.15, 0.2) is 66.5 Å². The molecule has 4 N–H and O–H groups in total. The van der Waals surface area contributed by atoms with Crippen LogP contribution < -0.4 is 11.1 Å². The number of halogens is 1. The standard InChI is InChI=1S/C18H25N3O2.C6H14BFO2.CH4/c1-5-7-8-9-16(6-2)12-17(15(4)22)21-18(23)14(3)13-20-11-10-19;1-5(2)4-6(3)7(9)10-8;/h5-11,13-14,17H,1-2,12,19H2,3-4H3,(H,21,23);5-6,9H,4H2,1-3H3;1H4/b8-7-,11-10-,16-9+,20-13?;;/t;6-;/m.0./s1. The minimum Gasteiger partial charge on any atom is -0.425 e. The van der Waals surface area contributed by atoms with Gasteiger partial charge in [0.05, 0.1) is 12.0 Å². The molecule has 0 saturated carbocycles. The van der Waals surface area contributed by atoms with E-state index in [1.165, 1.54) is 25.5 Å². The number of hydrogen-bond acceptors (Lipinski definition) is 6. The van der Waals surface area contributed by atoms with Gasteiger partial charge < -0.3 is 16.1 Å². The third kappa shape index (κ3) is 18.8. The molecule has 0 saturated heterocycles. The normalized spacial score (nSPS) is 14.2. The van der Waals surface area contributed by atoms with Crippen LogP contribution in [0, 0.1) is 11.8 Å². The highest BCUT2D eigenvalue weighted by Crippen LogP contribution is 2.19. The van der Waals surface area contributed by atoms with Crippen LogP contribution in [0.2, 0.25) is 5.82 Å². The number of rotatable bonds is 14. The molecule has 0 spiro atoms. The van der Waals surface area contributed by atoms with E-state index >= 15 is 0 Å². The van der Waals surface area contributed by atoms with Crippen molar-refractivity contribution < 1.29 is 24.0 Å². The van der Waals surface area contributed by atoms with E-state index in [0.29, 0.717) is 12.3 Å². The summed E-state index contributed by atoms with van der Waals surface area (Å²) in [4.78, 5) is 31.0. The molecule has 192 valence electrons. The lowest BCUT2D eigenvalue weighted by atomic mass is 9.70. The second kappa shape index (κ2) is 22.0. The molecule has 0 fully saturated rings. The Kier molecular flexibility index (Phi) is 23.2. The number of Topliss-reactive ketones (excluding diaryl/α,β-unsaturated/α-hetero) is 1. The summed E-state index contributed by atoms with van der Waals surface area (Å²) < 4.78 is 11.3. The highest BCUT2D eigenvalue weighted by Gasteiger charge is 2.24. The molecule has 9 heteroatoms. The van der Waals surface area contributed by atoms with Gasteiger partial charge in [-0.2, -0.15) is 0 Å². The van der Waals surface area contributed by atoms with Crippen molar-refractivity contribution in [1.29, 1.82) is 0 Å². The minimum absolute atomic E-state index is 0. The minimum atomic E-state index is -1.26. The topological polar surface area (TPSA) is 114 Å². The van der Waals surface area contributed by atoms with E-state index in [4.69, 9.17) is 10.8 Å². The maximum Gasteiger partial charge on any atom is 0.497 e. The Bertz CT molecular complexity index is 721. The van der Waals surface area contributed by atoms with Gasteiger partial charge in [-0.1, -0.05) is 76.3 Å². The van der Waals surface area contributed by atoms with E-state index in [-0.39, 0.29) is 24.9 Å². The number of carbonyl (C=O) groups excluding carboxylic acids is 2. The Labute approximate surface area is 205 Å². The van der Waals surface area contributed by atoms with E-state index in [1.807, 2.05) is 19.9 Å². The number of nitrogens with two attached hydrogens (primary N) is 1. The van der Waals surface area contributed by atoms with E-state index in [0.717, 1.165) is 12.0 Å². The largest absolute Gasteiger partial charge is 0.497 e. The smallest absolute Gasteiger partial charge is 0.425 e. The van der Waals surface area contributed by atoms with Gasteiger partial charge in [0.1, 0.15) is 0 Å². The van der Waals surface area contributed by atoms with Crippen LogP contribution in [-0.4, -0.2) is 36.1 Å². The Morgan fingerprint density at radius 2 is 1.85 bits per heavy atom. The fourth-order valence-electron chi connectivity index (χ4n) is 2.56. The summed E-state index contributed by atoms with van der Waals surface area (Å²) in [5.41, 5.74) is 6.01. The summed E-state index contributed by atoms with van der Waals surface area (Å²) in [5, 5.41) is 11.5. The van der Waals surface area contributed by atoms with Crippen LogP contribution in [0.5, 0.6) is 0 Å². The van der Waals surface area contributed by atoms with Crippen LogP contribution in [0.1, 0.15) is 54.9 Å². The van der Waals surface area contributed by atoms with Gasteiger partial charge >= 0.3 is 7.12 Å². The predicted octanol–water partition coefficient (Wildman–Crippen LogP) is 4.88. The average Bonchev–Trinajstić information content (AvgIpc) is 2.76. The molecule has 7 nitrogen and oxygen atoms in total. The third-order valence-electron chi connectivity index (χ3n) is 4.38. The number of ketones is 1. The Morgan fingerprint density at radius 1 is 1.24 bits per heavy atom. The summed E-state index contributed by atoms with van der Waals surface area (Å²) in [6, 6.07) is -0.607. The molecule has 0 radical (unpaired) electrons. The zero-order valence-electron chi connectivity index (χ0n) is 20.4. The maximum absolute atomic E-state index is 12.1. The molecule has 2 unspecified atom stereocenters. The number of aliphatic imine (C=N–C) groups is 1. The van der Waals surface area contributed by atoms with E-state index in [1.54, 1.807) is 38.2 Å². The second-order valence-electron chi connectivity index (χ2n) is 7.96. The molecular formula is C25H43BFN3O4. The lowest BCUT2D eigenvalue weighted by Crippen LogP contribution is -2.42. The molecule has 0 heterocycles. The first-order valence-corrected chi connectivity index (χ1v) is 10.8. The number of nitrogens with zero attached hydrogens (tertiary/aromatic N) is 1. The molecular weight excluding hydrogens is 436 g/mol. The highest BCUT2D eigenvalue weighted by atomic mass is 19.3. The lowest BCUT2D eigenvalue weighted by molar-refractivity contribution is -0.127. The molecule has 0 aliphatic rings. The Morgan fingerprint density at radius 3 is 2.29 bits per heavy atom. The number of carbonyl (C=O) groups is 2. The molecule has 0 aliphatic carbocycles. The molecule has 0 aromatic rings. The van der Waals surface area contributed by atoms with Crippen LogP contribution in [-0.2, 0) is 14.4 Å². The van der Waals surface area contributed by atoms with Crippen molar-refractivity contribution in [2.45, 2.75) is 66.7 Å². The number of allylic oxidation sites excluding steroid dienone is 5. The SMILES string of the molecule is C.C=C/C=C\C=C(/C=C)CC(NC(=O)C(C)C=N/C=C\N)C(C)=O.CC(C)C[C@H](C)B(O)OF. The second-order valence-corrected chi connectivity index (χ2v) is 7.96. The van der Waals surface area contributed by atoms with Gasteiger partial charge in [-0.25, -0.2) is 4.86 Å². The average molecular weight is 479 g/mol. The maximum atomic E-state index is 12.1. The Hall–Kier alpha value is -2.78. The number of hydrogen-bond donors (Lipinski definition) is 3. The highest BCUT2D eigenvalue weighted by molar-refractivity contribution is 6.44. The molecule has 0 bridgehead atoms. The van der Waals surface area contributed by atoms with Gasteiger partial charge in [0.25, 0.3) is 0 Å². The molecule has 0 aliphatic heterocycles. The molecule has 0 rings (SSSR count). The number of nitrogens with one attached hydrogen (secondary N) is 1. The van der Waals surface area contributed by atoms with Gasteiger partial charge in [0.2, 0.25) is 5.91 Å². The summed E-state index contributed by atoms with van der Waals surface area (Å²) in [5.74, 6) is -0.538. The van der Waals surface area contributed by atoms with E-state index in [9.17, 15) is 14.1 Å². The summed E-state index contributed by atoms with van der Waals surface area (Å²) in [6.07, 6.45) is 14.0. The van der Waals surface area contributed by atoms with E-state index < -0.39 is 19.1 Å². The zero-order valence-corrected chi connectivity index (χ0v) is 20.4. The first-order valence-electron chi connectivity index (χ1n) is 10.8. The Balaban J connectivity index is -0.000000736. The predicted molar refractivity (Wildman–Crippen MR) is 142 cm³/mol. The van der Waals surface area contributed by atoms with Crippen molar-refractivity contribution in [2.24, 2.45) is 22.6 Å². The summed E-state index contributed by atoms with van der Waals surface area (Å²) >= 11 is 0. The van der Waals surface area contributed by atoms with Crippen molar-refractivity contribution in [3.05, 3.63) is 61.5 Å². The fourth-order valence-corrected chi connectivity index (χ4v) is 2.56. The van der Waals surface area contributed by atoms with Gasteiger partial charge in [0.15, 0.2) is 5.78 Å². The van der Waals surface area contributed by atoms with Gasteiger partial charge in [0, 0.05) is 18.6 Å². The van der Waals surface area contributed by atoms with Crippen molar-refractivity contribution in [3.63, 3.8) is 0 Å². The van der Waals surface area contributed by atoms with E-state index in [2.05, 4.69) is 28.3 Å². The molecule has 34 heavy (non-hydrogen) atoms. The van der Waals surface area contributed by atoms with Crippen molar-refractivity contribution in [1.82, 2.24) is 5.32 Å². The van der Waals surface area contributed by atoms with Crippen molar-refractivity contribution in [2.75, 3.05) is 0 Å². The van der Waals surface area contributed by atoms with Crippen molar-refractivity contribution in [3.8, 4) is 0 Å². The third-order valence-corrected chi connectivity index (χ3v) is 4.38. The fraction of sp³-hybridized carbons (Fsp3) is 0.480. The van der Waals surface area contributed by atoms with Gasteiger partial charge in [-0.15, -0.1) is 0 Å². The molecule has 1 amide bonds.